The van der Waals surface area contributed by atoms with Crippen LogP contribution in [-0.4, -0.2) is 30.6 Å². The molecular formula is C18H13ClN6O3S. The van der Waals surface area contributed by atoms with Gasteiger partial charge in [0.15, 0.2) is 5.82 Å². The Labute approximate surface area is 173 Å². The molecular weight excluding hydrogens is 416 g/mol. The first-order chi connectivity index (χ1) is 14.0. The largest absolute Gasteiger partial charge is 0.322 e. The number of fused-ring (bicyclic) bond motifs is 1. The average molecular weight is 429 g/mol. The van der Waals surface area contributed by atoms with E-state index in [2.05, 4.69) is 20.6 Å². The Morgan fingerprint density at radius 3 is 2.66 bits per heavy atom. The van der Waals surface area contributed by atoms with Crippen LogP contribution in [0.1, 0.15) is 23.1 Å². The van der Waals surface area contributed by atoms with Crippen LogP contribution in [0.3, 0.4) is 0 Å². The summed E-state index contributed by atoms with van der Waals surface area (Å²) in [6.45, 7) is 1.99. The van der Waals surface area contributed by atoms with Crippen molar-refractivity contribution < 1.29 is 9.72 Å². The van der Waals surface area contributed by atoms with Crippen LogP contribution in [0, 0.1) is 10.1 Å². The number of halogens is 1. The van der Waals surface area contributed by atoms with Gasteiger partial charge in [0.2, 0.25) is 4.96 Å². The molecule has 0 aliphatic heterocycles. The zero-order valence-corrected chi connectivity index (χ0v) is 16.6. The summed E-state index contributed by atoms with van der Waals surface area (Å²) in [5, 5.41) is 27.0. The fraction of sp³-hybridized carbons (Fsp3) is 0.111. The predicted molar refractivity (Wildman–Crippen MR) is 110 cm³/mol. The summed E-state index contributed by atoms with van der Waals surface area (Å²) in [6.07, 6.45) is 0.737. The lowest BCUT2D eigenvalue weighted by molar-refractivity contribution is -0.384. The highest BCUT2D eigenvalue weighted by Crippen LogP contribution is 2.27. The molecule has 4 aromatic rings. The molecule has 1 amide bonds. The number of aryl methyl sites for hydroxylation is 1. The lowest BCUT2D eigenvalue weighted by Crippen LogP contribution is -2.12. The number of non-ortho nitro benzene ring substituents is 1. The number of anilines is 1. The summed E-state index contributed by atoms with van der Waals surface area (Å²) in [4.78, 5) is 23.4. The first kappa shape index (κ1) is 19.0. The monoisotopic (exact) mass is 428 g/mol. The zero-order chi connectivity index (χ0) is 20.5. The van der Waals surface area contributed by atoms with Crippen molar-refractivity contribution in [1.82, 2.24) is 19.8 Å². The van der Waals surface area contributed by atoms with Crippen molar-refractivity contribution in [3.63, 3.8) is 0 Å². The first-order valence-electron chi connectivity index (χ1n) is 8.53. The summed E-state index contributed by atoms with van der Waals surface area (Å²) in [6, 6.07) is 10.9. The number of nitro benzene ring substituents is 1. The molecule has 1 N–H and O–H groups in total. The Morgan fingerprint density at radius 1 is 1.24 bits per heavy atom. The molecule has 0 radical (unpaired) electrons. The van der Waals surface area contributed by atoms with Gasteiger partial charge in [-0.15, -0.1) is 10.2 Å². The number of hydrogen-bond acceptors (Lipinski definition) is 7. The molecule has 2 heterocycles. The summed E-state index contributed by atoms with van der Waals surface area (Å²) < 4.78 is 1.73. The van der Waals surface area contributed by atoms with Gasteiger partial charge in [0, 0.05) is 29.8 Å². The molecule has 2 aromatic heterocycles. The van der Waals surface area contributed by atoms with Gasteiger partial charge < -0.3 is 5.32 Å². The quantitative estimate of drug-likeness (QED) is 0.375. The van der Waals surface area contributed by atoms with Gasteiger partial charge in [0.1, 0.15) is 5.01 Å². The average Bonchev–Trinajstić information content (AvgIpc) is 3.29. The van der Waals surface area contributed by atoms with Gasteiger partial charge in [-0.25, -0.2) is 0 Å². The van der Waals surface area contributed by atoms with Crippen LogP contribution in [-0.2, 0) is 6.42 Å². The third kappa shape index (κ3) is 3.67. The predicted octanol–water partition coefficient (Wildman–Crippen LogP) is 4.23. The molecule has 0 atom stereocenters. The second-order valence-electron chi connectivity index (χ2n) is 6.02. The summed E-state index contributed by atoms with van der Waals surface area (Å²) in [5.41, 5.74) is 1.42. The molecule has 11 heteroatoms. The van der Waals surface area contributed by atoms with E-state index in [1.54, 1.807) is 16.6 Å². The molecule has 0 unspecified atom stereocenters. The number of nitrogens with zero attached hydrogens (tertiary/aromatic N) is 5. The van der Waals surface area contributed by atoms with Gasteiger partial charge >= 0.3 is 0 Å². The van der Waals surface area contributed by atoms with Gasteiger partial charge in [-0.3, -0.25) is 14.9 Å². The maximum Gasteiger partial charge on any atom is 0.270 e. The lowest BCUT2D eigenvalue weighted by Gasteiger charge is -2.07. The maximum atomic E-state index is 12.4. The first-order valence-corrected chi connectivity index (χ1v) is 9.72. The van der Waals surface area contributed by atoms with Gasteiger partial charge in [0.25, 0.3) is 11.6 Å². The fourth-order valence-corrected chi connectivity index (χ4v) is 3.82. The van der Waals surface area contributed by atoms with E-state index in [0.29, 0.717) is 5.69 Å². The Balaban J connectivity index is 1.52. The van der Waals surface area contributed by atoms with Crippen LogP contribution in [0.5, 0.6) is 0 Å². The fourth-order valence-electron chi connectivity index (χ4n) is 2.69. The molecule has 4 rings (SSSR count). The number of rotatable bonds is 5. The van der Waals surface area contributed by atoms with Crippen molar-refractivity contribution >= 4 is 45.2 Å². The normalized spacial score (nSPS) is 11.0. The van der Waals surface area contributed by atoms with E-state index in [1.807, 2.05) is 19.1 Å². The van der Waals surface area contributed by atoms with Crippen LogP contribution in [0.25, 0.3) is 15.5 Å². The number of nitrogens with one attached hydrogen (secondary N) is 1. The summed E-state index contributed by atoms with van der Waals surface area (Å²) >= 11 is 7.43. The van der Waals surface area contributed by atoms with E-state index in [1.165, 1.54) is 23.5 Å². The van der Waals surface area contributed by atoms with Crippen LogP contribution in [0.2, 0.25) is 5.02 Å². The van der Waals surface area contributed by atoms with Crippen molar-refractivity contribution in [2.24, 2.45) is 0 Å². The molecule has 2 aromatic carbocycles. The van der Waals surface area contributed by atoms with E-state index in [9.17, 15) is 14.9 Å². The van der Waals surface area contributed by atoms with E-state index in [4.69, 9.17) is 11.6 Å². The molecule has 146 valence electrons. The topological polar surface area (TPSA) is 115 Å². The number of carbonyl (C=O) groups excluding carboxylic acids is 1. The zero-order valence-electron chi connectivity index (χ0n) is 15.0. The number of nitro groups is 1. The molecule has 0 bridgehead atoms. The van der Waals surface area contributed by atoms with Crippen LogP contribution < -0.4 is 5.32 Å². The van der Waals surface area contributed by atoms with Crippen molar-refractivity contribution in [2.45, 2.75) is 13.3 Å². The second-order valence-corrected chi connectivity index (χ2v) is 7.39. The molecule has 0 aliphatic rings. The molecule has 0 spiro atoms. The standard InChI is InChI=1S/C18H13ClN6O3S/c1-2-15-21-22-18-24(15)23-17(29-18)10-3-5-11(6-4-10)20-16(26)13-8-7-12(25(27)28)9-14(13)19/h3-9H,2H2,1H3,(H,20,26). The Hall–Kier alpha value is -3.37. The van der Waals surface area contributed by atoms with Crippen molar-refractivity contribution in [2.75, 3.05) is 5.32 Å². The number of aromatic nitrogens is 4. The van der Waals surface area contributed by atoms with E-state index >= 15 is 0 Å². The smallest absolute Gasteiger partial charge is 0.270 e. The van der Waals surface area contributed by atoms with Crippen molar-refractivity contribution in [3.8, 4) is 10.6 Å². The van der Waals surface area contributed by atoms with E-state index < -0.39 is 10.8 Å². The minimum atomic E-state index is -0.568. The third-order valence-corrected chi connectivity index (χ3v) is 5.43. The molecule has 29 heavy (non-hydrogen) atoms. The molecule has 0 aliphatic carbocycles. The molecule has 0 fully saturated rings. The Bertz CT molecular complexity index is 1230. The van der Waals surface area contributed by atoms with Gasteiger partial charge in [0.05, 0.1) is 15.5 Å². The molecule has 9 nitrogen and oxygen atoms in total. The molecule has 0 saturated carbocycles. The van der Waals surface area contributed by atoms with Gasteiger partial charge in [-0.1, -0.05) is 29.9 Å². The number of amides is 1. The number of benzene rings is 2. The number of hydrogen-bond donors (Lipinski definition) is 1. The van der Waals surface area contributed by atoms with Crippen LogP contribution in [0.15, 0.2) is 42.5 Å². The maximum absolute atomic E-state index is 12.4. The SMILES string of the molecule is CCc1nnc2sc(-c3ccc(NC(=O)c4ccc([N+](=O)[O-])cc4Cl)cc3)nn12. The second kappa shape index (κ2) is 7.57. The summed E-state index contributed by atoms with van der Waals surface area (Å²) in [7, 11) is 0. The van der Waals surface area contributed by atoms with Crippen molar-refractivity contribution in [3.05, 3.63) is 69.0 Å². The van der Waals surface area contributed by atoms with Gasteiger partial charge in [-0.05, 0) is 30.3 Å². The summed E-state index contributed by atoms with van der Waals surface area (Å²) in [5.74, 6) is 0.343. The number of carbonyl (C=O) groups is 1. The lowest BCUT2D eigenvalue weighted by atomic mass is 10.1. The van der Waals surface area contributed by atoms with Crippen LogP contribution in [0.4, 0.5) is 11.4 Å². The van der Waals surface area contributed by atoms with E-state index in [-0.39, 0.29) is 16.3 Å². The minimum Gasteiger partial charge on any atom is -0.322 e. The Kier molecular flexibility index (Phi) is 4.95. The van der Waals surface area contributed by atoms with Crippen molar-refractivity contribution in [1.29, 1.82) is 0 Å². The highest BCUT2D eigenvalue weighted by molar-refractivity contribution is 7.19. The van der Waals surface area contributed by atoms with Crippen LogP contribution >= 0.6 is 22.9 Å². The molecule has 0 saturated heterocycles. The van der Waals surface area contributed by atoms with E-state index in [0.717, 1.165) is 33.8 Å². The van der Waals surface area contributed by atoms with Gasteiger partial charge in [-0.2, -0.15) is 9.61 Å². The highest BCUT2D eigenvalue weighted by atomic mass is 35.5. The minimum absolute atomic E-state index is 0.0137. The highest BCUT2D eigenvalue weighted by Gasteiger charge is 2.16. The third-order valence-electron chi connectivity index (χ3n) is 4.17. The Morgan fingerprint density at radius 2 is 2.00 bits per heavy atom.